The standard InChI is InChI=1S/C18H20O2/c1-12-9-14(3)16(10-13(12)2)11-17(18(19)20)15-7-5-4-6-8-15/h4-10,17H,11H2,1-3H3,(H,19,20). The molecule has 1 atom stereocenters. The topological polar surface area (TPSA) is 37.3 Å². The van der Waals surface area contributed by atoms with E-state index in [0.717, 1.165) is 16.7 Å². The van der Waals surface area contributed by atoms with Gasteiger partial charge in [0.2, 0.25) is 0 Å². The predicted octanol–water partition coefficient (Wildman–Crippen LogP) is 4.02. The van der Waals surface area contributed by atoms with Gasteiger partial charge in [-0.25, -0.2) is 0 Å². The van der Waals surface area contributed by atoms with Crippen molar-refractivity contribution in [1.29, 1.82) is 0 Å². The first-order valence-electron chi connectivity index (χ1n) is 6.83. The fourth-order valence-corrected chi connectivity index (χ4v) is 2.49. The maximum Gasteiger partial charge on any atom is 0.311 e. The second kappa shape index (κ2) is 5.91. The van der Waals surface area contributed by atoms with E-state index in [9.17, 15) is 9.90 Å². The molecule has 0 spiro atoms. The molecule has 2 rings (SSSR count). The molecule has 0 aromatic heterocycles. The number of aliphatic carboxylic acids is 1. The molecule has 0 fully saturated rings. The average Bonchev–Trinajstić information content (AvgIpc) is 2.42. The molecular formula is C18H20O2. The molecule has 2 nitrogen and oxygen atoms in total. The molecule has 0 heterocycles. The lowest BCUT2D eigenvalue weighted by Gasteiger charge is -2.16. The number of carboxylic acid groups (broad SMARTS) is 1. The van der Waals surface area contributed by atoms with Crippen LogP contribution in [-0.4, -0.2) is 11.1 Å². The van der Waals surface area contributed by atoms with Gasteiger partial charge < -0.3 is 5.11 Å². The minimum absolute atomic E-state index is 0.489. The summed E-state index contributed by atoms with van der Waals surface area (Å²) in [6.45, 7) is 6.19. The van der Waals surface area contributed by atoms with Gasteiger partial charge in [0.05, 0.1) is 5.92 Å². The van der Waals surface area contributed by atoms with Gasteiger partial charge in [-0.1, -0.05) is 42.5 Å². The Morgan fingerprint density at radius 3 is 2.20 bits per heavy atom. The Morgan fingerprint density at radius 1 is 1.00 bits per heavy atom. The zero-order chi connectivity index (χ0) is 14.7. The van der Waals surface area contributed by atoms with Crippen LogP contribution < -0.4 is 0 Å². The van der Waals surface area contributed by atoms with E-state index in [4.69, 9.17) is 0 Å². The van der Waals surface area contributed by atoms with Crippen molar-refractivity contribution in [3.05, 3.63) is 70.3 Å². The summed E-state index contributed by atoms with van der Waals surface area (Å²) in [6, 6.07) is 13.7. The highest BCUT2D eigenvalue weighted by Crippen LogP contribution is 2.25. The Bertz CT molecular complexity index is 615. The number of benzene rings is 2. The van der Waals surface area contributed by atoms with Crippen LogP contribution in [0.25, 0.3) is 0 Å². The van der Waals surface area contributed by atoms with Gasteiger partial charge >= 0.3 is 5.97 Å². The van der Waals surface area contributed by atoms with E-state index >= 15 is 0 Å². The number of carboxylic acids is 1. The van der Waals surface area contributed by atoms with Crippen molar-refractivity contribution in [3.8, 4) is 0 Å². The third-order valence-electron chi connectivity index (χ3n) is 3.88. The number of rotatable bonds is 4. The number of hydrogen-bond donors (Lipinski definition) is 1. The quantitative estimate of drug-likeness (QED) is 0.909. The lowest BCUT2D eigenvalue weighted by atomic mass is 9.89. The van der Waals surface area contributed by atoms with Crippen LogP contribution in [0, 0.1) is 20.8 Å². The van der Waals surface area contributed by atoms with E-state index in [0.29, 0.717) is 6.42 Å². The molecule has 2 heteroatoms. The van der Waals surface area contributed by atoms with E-state index in [1.54, 1.807) is 0 Å². The van der Waals surface area contributed by atoms with Crippen molar-refractivity contribution in [3.63, 3.8) is 0 Å². The lowest BCUT2D eigenvalue weighted by Crippen LogP contribution is -2.15. The third kappa shape index (κ3) is 3.08. The van der Waals surface area contributed by atoms with Crippen LogP contribution in [0.4, 0.5) is 0 Å². The predicted molar refractivity (Wildman–Crippen MR) is 81.2 cm³/mol. The molecule has 2 aromatic rings. The molecule has 0 radical (unpaired) electrons. The van der Waals surface area contributed by atoms with Crippen molar-refractivity contribution in [2.24, 2.45) is 0 Å². The van der Waals surface area contributed by atoms with Crippen LogP contribution in [-0.2, 0) is 11.2 Å². The molecule has 1 unspecified atom stereocenters. The monoisotopic (exact) mass is 268 g/mol. The number of aryl methyl sites for hydroxylation is 3. The van der Waals surface area contributed by atoms with Crippen molar-refractivity contribution >= 4 is 5.97 Å². The Kier molecular flexibility index (Phi) is 4.23. The van der Waals surface area contributed by atoms with Crippen molar-refractivity contribution < 1.29 is 9.90 Å². The van der Waals surface area contributed by atoms with Gasteiger partial charge in [-0.15, -0.1) is 0 Å². The van der Waals surface area contributed by atoms with Crippen molar-refractivity contribution in [2.45, 2.75) is 33.1 Å². The van der Waals surface area contributed by atoms with Crippen molar-refractivity contribution in [2.75, 3.05) is 0 Å². The van der Waals surface area contributed by atoms with E-state index in [-0.39, 0.29) is 0 Å². The van der Waals surface area contributed by atoms with E-state index in [1.807, 2.05) is 37.3 Å². The summed E-state index contributed by atoms with van der Waals surface area (Å²) < 4.78 is 0. The van der Waals surface area contributed by atoms with Gasteiger partial charge in [0, 0.05) is 0 Å². The van der Waals surface area contributed by atoms with Gasteiger partial charge in [-0.05, 0) is 55.0 Å². The SMILES string of the molecule is Cc1cc(C)c(CC(C(=O)O)c2ccccc2)cc1C. The number of hydrogen-bond acceptors (Lipinski definition) is 1. The summed E-state index contributed by atoms with van der Waals surface area (Å²) in [5.74, 6) is -1.26. The molecule has 0 aliphatic rings. The molecule has 0 saturated carbocycles. The molecule has 104 valence electrons. The zero-order valence-electron chi connectivity index (χ0n) is 12.2. The zero-order valence-corrected chi connectivity index (χ0v) is 12.2. The minimum atomic E-state index is -0.770. The third-order valence-corrected chi connectivity index (χ3v) is 3.88. The highest BCUT2D eigenvalue weighted by molar-refractivity contribution is 5.76. The smallest absolute Gasteiger partial charge is 0.311 e. The van der Waals surface area contributed by atoms with E-state index in [1.165, 1.54) is 11.1 Å². The first-order chi connectivity index (χ1) is 9.49. The molecule has 1 N–H and O–H groups in total. The van der Waals surface area contributed by atoms with Crippen LogP contribution in [0.2, 0.25) is 0 Å². The second-order valence-electron chi connectivity index (χ2n) is 5.37. The van der Waals surface area contributed by atoms with Gasteiger partial charge in [-0.2, -0.15) is 0 Å². The van der Waals surface area contributed by atoms with E-state index < -0.39 is 11.9 Å². The first kappa shape index (κ1) is 14.3. The first-order valence-corrected chi connectivity index (χ1v) is 6.83. The fourth-order valence-electron chi connectivity index (χ4n) is 2.49. The maximum atomic E-state index is 11.6. The highest BCUT2D eigenvalue weighted by Gasteiger charge is 2.21. The van der Waals surface area contributed by atoms with Crippen molar-refractivity contribution in [1.82, 2.24) is 0 Å². The van der Waals surface area contributed by atoms with Gasteiger partial charge in [0.1, 0.15) is 0 Å². The molecule has 2 aromatic carbocycles. The van der Waals surface area contributed by atoms with Gasteiger partial charge in [-0.3, -0.25) is 4.79 Å². The second-order valence-corrected chi connectivity index (χ2v) is 5.37. The molecule has 20 heavy (non-hydrogen) atoms. The van der Waals surface area contributed by atoms with Crippen LogP contribution >= 0.6 is 0 Å². The van der Waals surface area contributed by atoms with Crippen LogP contribution in [0.15, 0.2) is 42.5 Å². The highest BCUT2D eigenvalue weighted by atomic mass is 16.4. The Balaban J connectivity index is 2.35. The summed E-state index contributed by atoms with van der Waals surface area (Å²) in [5, 5.41) is 9.50. The maximum absolute atomic E-state index is 11.6. The molecule has 0 saturated heterocycles. The molecule has 0 aliphatic carbocycles. The molecular weight excluding hydrogens is 248 g/mol. The minimum Gasteiger partial charge on any atom is -0.481 e. The van der Waals surface area contributed by atoms with E-state index in [2.05, 4.69) is 26.0 Å². The summed E-state index contributed by atoms with van der Waals surface area (Å²) in [6.07, 6.45) is 0.534. The summed E-state index contributed by atoms with van der Waals surface area (Å²) in [5.41, 5.74) is 5.60. The van der Waals surface area contributed by atoms with Crippen LogP contribution in [0.3, 0.4) is 0 Å². The van der Waals surface area contributed by atoms with Crippen LogP contribution in [0.1, 0.15) is 33.7 Å². The van der Waals surface area contributed by atoms with Crippen LogP contribution in [0.5, 0.6) is 0 Å². The summed E-state index contributed by atoms with van der Waals surface area (Å²) in [7, 11) is 0. The Morgan fingerprint density at radius 2 is 1.60 bits per heavy atom. The molecule has 0 bridgehead atoms. The molecule has 0 amide bonds. The lowest BCUT2D eigenvalue weighted by molar-refractivity contribution is -0.138. The Hall–Kier alpha value is -2.09. The fraction of sp³-hybridized carbons (Fsp3) is 0.278. The largest absolute Gasteiger partial charge is 0.481 e. The average molecular weight is 268 g/mol. The molecule has 0 aliphatic heterocycles. The Labute approximate surface area is 120 Å². The summed E-state index contributed by atoms with van der Waals surface area (Å²) in [4.78, 5) is 11.6. The van der Waals surface area contributed by atoms with Gasteiger partial charge in [0.15, 0.2) is 0 Å². The normalized spacial score (nSPS) is 12.2. The van der Waals surface area contributed by atoms with Gasteiger partial charge in [0.25, 0.3) is 0 Å². The number of carbonyl (C=O) groups is 1. The summed E-state index contributed by atoms with van der Waals surface area (Å²) >= 11 is 0.